The number of nitrogens with two attached hydrogens (primary N) is 1. The normalized spacial score (nSPS) is 20.1. The van der Waals surface area contributed by atoms with Crippen molar-refractivity contribution in [3.8, 4) is 12.3 Å². The van der Waals surface area contributed by atoms with Gasteiger partial charge in [0.2, 0.25) is 0 Å². The van der Waals surface area contributed by atoms with Crippen LogP contribution in [0.25, 0.3) is 0 Å². The van der Waals surface area contributed by atoms with Crippen molar-refractivity contribution >= 4 is 11.9 Å². The van der Waals surface area contributed by atoms with E-state index in [9.17, 15) is 4.79 Å². The van der Waals surface area contributed by atoms with Crippen molar-refractivity contribution in [1.82, 2.24) is 4.90 Å². The number of benzene rings is 1. The van der Waals surface area contributed by atoms with E-state index in [0.717, 1.165) is 5.56 Å². The van der Waals surface area contributed by atoms with Gasteiger partial charge in [0.25, 0.3) is 0 Å². The van der Waals surface area contributed by atoms with E-state index in [4.69, 9.17) is 12.2 Å². The Morgan fingerprint density at radius 2 is 1.90 bits per heavy atom. The number of carbonyl (C=O) groups is 1. The molecule has 0 radical (unpaired) electrons. The molecule has 1 heterocycles. The Bertz CT molecular complexity index is 617. The summed E-state index contributed by atoms with van der Waals surface area (Å²) < 4.78 is 0. The predicted octanol–water partition coefficient (Wildman–Crippen LogP) is 2.84. The minimum absolute atomic E-state index is 0.0788. The van der Waals surface area contributed by atoms with E-state index in [-0.39, 0.29) is 23.5 Å². The van der Waals surface area contributed by atoms with Crippen LogP contribution < -0.4 is 5.73 Å². The topological polar surface area (TPSA) is 58.7 Å². The first-order chi connectivity index (χ1) is 9.75. The minimum Gasteiger partial charge on any atom is -0.385 e. The van der Waals surface area contributed by atoms with Gasteiger partial charge in [-0.25, -0.2) is 4.79 Å². The monoisotopic (exact) mass is 283 g/mol. The van der Waals surface area contributed by atoms with Crippen molar-refractivity contribution in [1.29, 1.82) is 0 Å². The first-order valence-corrected chi connectivity index (χ1v) is 6.98. The minimum atomic E-state index is -0.377. The Morgan fingerprint density at radius 1 is 1.33 bits per heavy atom. The smallest absolute Gasteiger partial charge is 0.347 e. The molecule has 0 spiro atoms. The number of hydrogen-bond acceptors (Lipinski definition) is 2. The van der Waals surface area contributed by atoms with Gasteiger partial charge in [-0.15, -0.1) is 6.42 Å². The third kappa shape index (κ3) is 2.78. The SMILES string of the molecule is C#CC(C)N1C(=O)N=C(N)C1c1ccc(C(C)(C)C)cc1. The van der Waals surface area contributed by atoms with E-state index in [0.29, 0.717) is 5.84 Å². The van der Waals surface area contributed by atoms with Crippen LogP contribution in [0.3, 0.4) is 0 Å². The average Bonchev–Trinajstić information content (AvgIpc) is 2.71. The van der Waals surface area contributed by atoms with Gasteiger partial charge in [0.1, 0.15) is 11.9 Å². The number of urea groups is 1. The predicted molar refractivity (Wildman–Crippen MR) is 85.0 cm³/mol. The molecule has 2 unspecified atom stereocenters. The molecule has 1 aliphatic rings. The molecule has 4 nitrogen and oxygen atoms in total. The van der Waals surface area contributed by atoms with Crippen LogP contribution in [-0.4, -0.2) is 22.8 Å². The van der Waals surface area contributed by atoms with Crippen LogP contribution >= 0.6 is 0 Å². The highest BCUT2D eigenvalue weighted by Gasteiger charge is 2.37. The van der Waals surface area contributed by atoms with Crippen molar-refractivity contribution in [2.75, 3.05) is 0 Å². The van der Waals surface area contributed by atoms with Crippen molar-refractivity contribution in [3.05, 3.63) is 35.4 Å². The highest BCUT2D eigenvalue weighted by molar-refractivity contribution is 6.03. The molecule has 0 aromatic heterocycles. The second-order valence-corrected chi connectivity index (χ2v) is 6.34. The molecule has 2 N–H and O–H groups in total. The van der Waals surface area contributed by atoms with Crippen molar-refractivity contribution in [2.45, 2.75) is 45.2 Å². The van der Waals surface area contributed by atoms with E-state index in [1.807, 2.05) is 12.1 Å². The lowest BCUT2D eigenvalue weighted by Crippen LogP contribution is -2.39. The maximum Gasteiger partial charge on any atom is 0.347 e. The molecule has 4 heteroatoms. The Balaban J connectivity index is 2.38. The fourth-order valence-electron chi connectivity index (χ4n) is 2.45. The van der Waals surface area contributed by atoms with Gasteiger partial charge >= 0.3 is 6.03 Å². The number of amides is 2. The first-order valence-electron chi connectivity index (χ1n) is 6.98. The van der Waals surface area contributed by atoms with E-state index in [2.05, 4.69) is 43.8 Å². The summed E-state index contributed by atoms with van der Waals surface area (Å²) in [7, 11) is 0. The number of amidine groups is 1. The summed E-state index contributed by atoms with van der Waals surface area (Å²) in [5.41, 5.74) is 8.16. The van der Waals surface area contributed by atoms with Crippen LogP contribution in [0.4, 0.5) is 4.79 Å². The molecule has 2 atom stereocenters. The first kappa shape index (κ1) is 15.1. The molecule has 0 aliphatic carbocycles. The van der Waals surface area contributed by atoms with Gasteiger partial charge in [0, 0.05) is 0 Å². The molecule has 0 bridgehead atoms. The zero-order valence-electron chi connectivity index (χ0n) is 12.9. The number of carbonyl (C=O) groups excluding carboxylic acids is 1. The summed E-state index contributed by atoms with van der Waals surface area (Å²) in [6.45, 7) is 8.26. The van der Waals surface area contributed by atoms with E-state index < -0.39 is 0 Å². The number of hydrogen-bond donors (Lipinski definition) is 1. The van der Waals surface area contributed by atoms with Crippen LogP contribution in [0.2, 0.25) is 0 Å². The number of rotatable bonds is 2. The number of nitrogens with zero attached hydrogens (tertiary/aromatic N) is 2. The Labute approximate surface area is 126 Å². The molecular formula is C17H21N3O. The van der Waals surface area contributed by atoms with Gasteiger partial charge in [0.15, 0.2) is 0 Å². The summed E-state index contributed by atoms with van der Waals surface area (Å²) in [5.74, 6) is 2.87. The van der Waals surface area contributed by atoms with E-state index >= 15 is 0 Å². The second kappa shape index (κ2) is 5.25. The van der Waals surface area contributed by atoms with Gasteiger partial charge in [0.05, 0.1) is 6.04 Å². The fourth-order valence-corrected chi connectivity index (χ4v) is 2.45. The summed E-state index contributed by atoms with van der Waals surface area (Å²) in [6.07, 6.45) is 5.45. The zero-order valence-corrected chi connectivity index (χ0v) is 12.9. The van der Waals surface area contributed by atoms with Crippen LogP contribution in [0.15, 0.2) is 29.3 Å². The Hall–Kier alpha value is -2.28. The molecule has 0 saturated carbocycles. The molecule has 2 rings (SSSR count). The molecule has 110 valence electrons. The summed E-state index contributed by atoms with van der Waals surface area (Å²) in [6, 6.07) is 6.99. The highest BCUT2D eigenvalue weighted by Crippen LogP contribution is 2.30. The molecule has 1 aromatic carbocycles. The van der Waals surface area contributed by atoms with Gasteiger partial charge in [-0.2, -0.15) is 4.99 Å². The van der Waals surface area contributed by atoms with E-state index in [1.165, 1.54) is 5.56 Å². The molecule has 0 saturated heterocycles. The third-order valence-electron chi connectivity index (χ3n) is 3.75. The van der Waals surface area contributed by atoms with Crippen molar-refractivity contribution < 1.29 is 4.79 Å². The lowest BCUT2D eigenvalue weighted by Gasteiger charge is -2.28. The average molecular weight is 283 g/mol. The van der Waals surface area contributed by atoms with Crippen LogP contribution in [0.1, 0.15) is 44.9 Å². The van der Waals surface area contributed by atoms with Gasteiger partial charge in [-0.1, -0.05) is 51.0 Å². The molecular weight excluding hydrogens is 262 g/mol. The highest BCUT2D eigenvalue weighted by atomic mass is 16.2. The van der Waals surface area contributed by atoms with Gasteiger partial charge in [-0.3, -0.25) is 4.90 Å². The van der Waals surface area contributed by atoms with Crippen LogP contribution in [0.5, 0.6) is 0 Å². The maximum absolute atomic E-state index is 12.0. The zero-order chi connectivity index (χ0) is 15.8. The second-order valence-electron chi connectivity index (χ2n) is 6.34. The molecule has 2 amide bonds. The lowest BCUT2D eigenvalue weighted by atomic mass is 9.86. The van der Waals surface area contributed by atoms with Gasteiger partial charge < -0.3 is 5.73 Å². The lowest BCUT2D eigenvalue weighted by molar-refractivity contribution is 0.199. The summed E-state index contributed by atoms with van der Waals surface area (Å²) in [5, 5.41) is 0. The molecule has 1 aromatic rings. The molecule has 1 aliphatic heterocycles. The van der Waals surface area contributed by atoms with Crippen LogP contribution in [0, 0.1) is 12.3 Å². The molecule has 0 fully saturated rings. The fraction of sp³-hybridized carbons (Fsp3) is 0.412. The summed E-state index contributed by atoms with van der Waals surface area (Å²) in [4.78, 5) is 17.4. The Morgan fingerprint density at radius 3 is 2.38 bits per heavy atom. The molecule has 21 heavy (non-hydrogen) atoms. The van der Waals surface area contributed by atoms with Gasteiger partial charge in [-0.05, 0) is 23.5 Å². The largest absolute Gasteiger partial charge is 0.385 e. The number of aliphatic imine (C=N–C) groups is 1. The van der Waals surface area contributed by atoms with Crippen molar-refractivity contribution in [2.24, 2.45) is 10.7 Å². The van der Waals surface area contributed by atoms with Crippen LogP contribution in [-0.2, 0) is 5.41 Å². The van der Waals surface area contributed by atoms with Crippen molar-refractivity contribution in [3.63, 3.8) is 0 Å². The quantitative estimate of drug-likeness (QED) is 0.848. The maximum atomic E-state index is 12.0. The number of terminal acetylenes is 1. The third-order valence-corrected chi connectivity index (χ3v) is 3.75. The standard InChI is InChI=1S/C17H21N3O/c1-6-11(2)20-14(15(18)19-16(20)21)12-7-9-13(10-8-12)17(3,4)5/h1,7-11,14H,2-5H3,(H2,18,19,21). The Kier molecular flexibility index (Phi) is 3.78. The van der Waals surface area contributed by atoms with E-state index in [1.54, 1.807) is 11.8 Å². The summed E-state index contributed by atoms with van der Waals surface area (Å²) >= 11 is 0.